The van der Waals surface area contributed by atoms with E-state index in [1.807, 2.05) is 42.2 Å². The molecule has 2 heterocycles. The second kappa shape index (κ2) is 9.75. The van der Waals surface area contributed by atoms with Crippen molar-refractivity contribution in [1.82, 2.24) is 4.90 Å². The van der Waals surface area contributed by atoms with Gasteiger partial charge >= 0.3 is 0 Å². The van der Waals surface area contributed by atoms with Gasteiger partial charge in [0.2, 0.25) is 0 Å². The third-order valence-corrected chi connectivity index (χ3v) is 6.37. The highest BCUT2D eigenvalue weighted by Crippen LogP contribution is 2.29. The van der Waals surface area contributed by atoms with Crippen molar-refractivity contribution in [3.63, 3.8) is 0 Å². The number of ether oxygens (including phenoxy) is 2. The Balaban J connectivity index is 1.33. The number of piperidine rings is 1. The highest BCUT2D eigenvalue weighted by Gasteiger charge is 2.39. The third-order valence-electron chi connectivity index (χ3n) is 6.37. The molecule has 0 bridgehead atoms. The Kier molecular flexibility index (Phi) is 7.00. The molecule has 4 rings (SSSR count). The van der Waals surface area contributed by atoms with E-state index < -0.39 is 11.2 Å². The van der Waals surface area contributed by atoms with Crippen molar-refractivity contribution < 1.29 is 24.1 Å². The lowest BCUT2D eigenvalue weighted by atomic mass is 9.90. The molecule has 0 radical (unpaired) electrons. The van der Waals surface area contributed by atoms with Crippen LogP contribution in [0.15, 0.2) is 48.5 Å². The minimum Gasteiger partial charge on any atom is -0.490 e. The van der Waals surface area contributed by atoms with Gasteiger partial charge in [-0.25, -0.2) is 4.39 Å². The Morgan fingerprint density at radius 2 is 1.72 bits per heavy atom. The van der Waals surface area contributed by atoms with Crippen molar-refractivity contribution in [1.29, 1.82) is 0 Å². The summed E-state index contributed by atoms with van der Waals surface area (Å²) in [6, 6.07) is 14.5. The van der Waals surface area contributed by atoms with E-state index in [1.165, 1.54) is 6.07 Å². The van der Waals surface area contributed by atoms with Crippen molar-refractivity contribution in [2.45, 2.75) is 31.0 Å². The Morgan fingerprint density at radius 1 is 1.00 bits per heavy atom. The SMILES string of the molecule is Cc1ccc(OC[C@@]2(O)COCCN(CC3(O)CCN(c4ccccc4F)CC3)C2)cc1. The quantitative estimate of drug-likeness (QED) is 0.714. The molecule has 2 saturated heterocycles. The number of β-amino-alcohol motifs (C(OH)–C–C–N with tert-alkyl or cyclic N) is 2. The summed E-state index contributed by atoms with van der Waals surface area (Å²) in [7, 11) is 0. The number of anilines is 1. The van der Waals surface area contributed by atoms with Crippen LogP contribution in [0.4, 0.5) is 10.1 Å². The average molecular weight is 445 g/mol. The van der Waals surface area contributed by atoms with Crippen molar-refractivity contribution in [2.24, 2.45) is 0 Å². The number of halogens is 1. The summed E-state index contributed by atoms with van der Waals surface area (Å²) in [6.45, 7) is 5.41. The van der Waals surface area contributed by atoms with Gasteiger partial charge in [-0.15, -0.1) is 0 Å². The van der Waals surface area contributed by atoms with E-state index >= 15 is 0 Å². The van der Waals surface area contributed by atoms with Crippen molar-refractivity contribution in [3.05, 3.63) is 59.9 Å². The van der Waals surface area contributed by atoms with Crippen LogP contribution in [0, 0.1) is 12.7 Å². The molecular formula is C25H33FN2O4. The van der Waals surface area contributed by atoms with Crippen LogP contribution in [0.5, 0.6) is 5.75 Å². The number of aliphatic hydroxyl groups is 2. The van der Waals surface area contributed by atoms with Crippen LogP contribution in [0.1, 0.15) is 18.4 Å². The maximum atomic E-state index is 14.1. The molecule has 2 aromatic carbocycles. The van der Waals surface area contributed by atoms with Gasteiger partial charge in [0.25, 0.3) is 0 Å². The third kappa shape index (κ3) is 5.78. The zero-order valence-electron chi connectivity index (χ0n) is 18.7. The maximum Gasteiger partial charge on any atom is 0.146 e. The minimum atomic E-state index is -1.16. The number of aryl methyl sites for hydroxylation is 1. The molecule has 2 aliphatic heterocycles. The fraction of sp³-hybridized carbons (Fsp3) is 0.520. The largest absolute Gasteiger partial charge is 0.490 e. The van der Waals surface area contributed by atoms with Crippen LogP contribution in [0.25, 0.3) is 0 Å². The highest BCUT2D eigenvalue weighted by atomic mass is 19.1. The van der Waals surface area contributed by atoms with E-state index in [-0.39, 0.29) is 19.0 Å². The molecule has 0 aromatic heterocycles. The van der Waals surface area contributed by atoms with Gasteiger partial charge < -0.3 is 24.6 Å². The van der Waals surface area contributed by atoms with Crippen LogP contribution in [-0.4, -0.2) is 78.9 Å². The van der Waals surface area contributed by atoms with E-state index in [9.17, 15) is 14.6 Å². The minimum absolute atomic E-state index is 0.117. The molecule has 0 aliphatic carbocycles. The van der Waals surface area contributed by atoms with Crippen LogP contribution in [0.2, 0.25) is 0 Å². The zero-order valence-corrected chi connectivity index (χ0v) is 18.7. The summed E-state index contributed by atoms with van der Waals surface area (Å²) in [5.74, 6) is 0.472. The second-order valence-corrected chi connectivity index (χ2v) is 9.25. The Bertz CT molecular complexity index is 886. The first-order valence-electron chi connectivity index (χ1n) is 11.3. The standard InChI is InChI=1S/C25H33FN2O4/c1-20-6-8-21(9-7-20)32-19-25(30)17-27(14-15-31-18-25)16-24(29)10-12-28(13-11-24)23-5-3-2-4-22(23)26/h2-9,29-30H,10-19H2,1H3/t25-/m0/s1. The fourth-order valence-electron chi connectivity index (χ4n) is 4.52. The van der Waals surface area contributed by atoms with E-state index in [4.69, 9.17) is 9.47 Å². The average Bonchev–Trinajstić information content (AvgIpc) is 2.95. The summed E-state index contributed by atoms with van der Waals surface area (Å²) in [4.78, 5) is 4.05. The maximum absolute atomic E-state index is 14.1. The molecule has 0 spiro atoms. The number of hydrogen-bond donors (Lipinski definition) is 2. The summed E-state index contributed by atoms with van der Waals surface area (Å²) >= 11 is 0. The van der Waals surface area contributed by atoms with Crippen molar-refractivity contribution in [3.8, 4) is 5.75 Å². The molecule has 2 N–H and O–H groups in total. The Morgan fingerprint density at radius 3 is 2.44 bits per heavy atom. The van der Waals surface area contributed by atoms with Crippen LogP contribution in [-0.2, 0) is 4.74 Å². The molecule has 0 amide bonds. The van der Waals surface area contributed by atoms with E-state index in [0.717, 1.165) is 5.56 Å². The highest BCUT2D eigenvalue weighted by molar-refractivity contribution is 5.48. The topological polar surface area (TPSA) is 65.4 Å². The number of benzene rings is 2. The van der Waals surface area contributed by atoms with E-state index in [0.29, 0.717) is 63.6 Å². The van der Waals surface area contributed by atoms with Gasteiger partial charge in [-0.2, -0.15) is 0 Å². The summed E-state index contributed by atoms with van der Waals surface area (Å²) in [5, 5.41) is 22.4. The van der Waals surface area contributed by atoms with Gasteiger partial charge in [-0.3, -0.25) is 4.90 Å². The van der Waals surface area contributed by atoms with Gasteiger partial charge in [-0.1, -0.05) is 29.8 Å². The number of hydrogen-bond acceptors (Lipinski definition) is 6. The van der Waals surface area contributed by atoms with Crippen molar-refractivity contribution in [2.75, 3.05) is 57.4 Å². The van der Waals surface area contributed by atoms with Gasteiger partial charge in [0, 0.05) is 32.7 Å². The van der Waals surface area contributed by atoms with Crippen LogP contribution in [0.3, 0.4) is 0 Å². The predicted octanol–water partition coefficient (Wildman–Crippen LogP) is 2.61. The molecule has 0 unspecified atom stereocenters. The predicted molar refractivity (Wildman–Crippen MR) is 122 cm³/mol. The molecule has 0 saturated carbocycles. The van der Waals surface area contributed by atoms with E-state index in [2.05, 4.69) is 4.90 Å². The molecule has 2 fully saturated rings. The van der Waals surface area contributed by atoms with Gasteiger partial charge in [0.1, 0.15) is 23.8 Å². The summed E-state index contributed by atoms with van der Waals surface area (Å²) in [6.07, 6.45) is 1.08. The monoisotopic (exact) mass is 444 g/mol. The molecular weight excluding hydrogens is 411 g/mol. The summed E-state index contributed by atoms with van der Waals surface area (Å²) in [5.41, 5.74) is -0.314. The van der Waals surface area contributed by atoms with E-state index in [1.54, 1.807) is 12.1 Å². The first kappa shape index (κ1) is 23.0. The van der Waals surface area contributed by atoms with Gasteiger partial charge in [-0.05, 0) is 44.0 Å². The number of para-hydroxylation sites is 1. The smallest absolute Gasteiger partial charge is 0.146 e. The molecule has 32 heavy (non-hydrogen) atoms. The molecule has 2 aliphatic rings. The first-order chi connectivity index (χ1) is 15.3. The Hall–Kier alpha value is -2.19. The van der Waals surface area contributed by atoms with Crippen LogP contribution >= 0.6 is 0 Å². The van der Waals surface area contributed by atoms with Crippen LogP contribution < -0.4 is 9.64 Å². The fourth-order valence-corrected chi connectivity index (χ4v) is 4.52. The molecule has 7 heteroatoms. The Labute approximate surface area is 189 Å². The number of rotatable bonds is 6. The lowest BCUT2D eigenvalue weighted by Crippen LogP contribution is -2.55. The van der Waals surface area contributed by atoms with Crippen molar-refractivity contribution >= 4 is 5.69 Å². The molecule has 2 aromatic rings. The molecule has 1 atom stereocenters. The first-order valence-corrected chi connectivity index (χ1v) is 11.3. The lowest BCUT2D eigenvalue weighted by Gasteiger charge is -2.42. The van der Waals surface area contributed by atoms with Gasteiger partial charge in [0.05, 0.1) is 24.5 Å². The van der Waals surface area contributed by atoms with Gasteiger partial charge in [0.15, 0.2) is 0 Å². The normalized spacial score (nSPS) is 24.2. The zero-order chi connectivity index (χ0) is 22.6. The molecule has 6 nitrogen and oxygen atoms in total. The second-order valence-electron chi connectivity index (χ2n) is 9.25. The summed E-state index contributed by atoms with van der Waals surface area (Å²) < 4.78 is 25.6. The lowest BCUT2D eigenvalue weighted by molar-refractivity contribution is -0.0742. The molecule has 174 valence electrons. The number of nitrogens with zero attached hydrogens (tertiary/aromatic N) is 2.